The second-order valence-electron chi connectivity index (χ2n) is 4.52. The Morgan fingerprint density at radius 2 is 2.27 bits per heavy atom. The molecule has 0 amide bonds. The van der Waals surface area contributed by atoms with Crippen molar-refractivity contribution in [3.8, 4) is 0 Å². The molecule has 2 N–H and O–H groups in total. The number of nitrogens with zero attached hydrogens (tertiary/aromatic N) is 1. The molecule has 0 spiro atoms. The number of aromatic amines is 1. The van der Waals surface area contributed by atoms with E-state index in [1.165, 1.54) is 19.2 Å². The Hall–Kier alpha value is -0.590. The molecule has 0 aliphatic heterocycles. The van der Waals surface area contributed by atoms with Crippen LogP contribution >= 0.6 is 22.6 Å². The van der Waals surface area contributed by atoms with Crippen LogP contribution in [0.3, 0.4) is 0 Å². The van der Waals surface area contributed by atoms with Crippen molar-refractivity contribution >= 4 is 28.4 Å². The van der Waals surface area contributed by atoms with Crippen molar-refractivity contribution in [2.45, 2.75) is 32.2 Å². The molecule has 1 aliphatic carbocycles. The van der Waals surface area contributed by atoms with E-state index < -0.39 is 0 Å². The van der Waals surface area contributed by atoms with Gasteiger partial charge in [-0.05, 0) is 55.2 Å². The van der Waals surface area contributed by atoms with Gasteiger partial charge < -0.3 is 10.3 Å². The lowest BCUT2D eigenvalue weighted by molar-refractivity contribution is 0.492. The van der Waals surface area contributed by atoms with E-state index >= 15 is 0 Å². The normalized spacial score (nSPS) is 16.5. The average molecular weight is 319 g/mol. The highest BCUT2D eigenvalue weighted by Crippen LogP contribution is 2.40. The first-order valence-corrected chi connectivity index (χ1v) is 6.10. The van der Waals surface area contributed by atoms with E-state index in [1.807, 2.05) is 22.6 Å². The fraction of sp³-hybridized carbons (Fsp3) is 0.600. The first-order chi connectivity index (χ1) is 7.00. The van der Waals surface area contributed by atoms with Crippen molar-refractivity contribution in [2.24, 2.45) is 5.92 Å². The fourth-order valence-corrected chi connectivity index (χ4v) is 2.11. The topological polar surface area (TPSA) is 57.8 Å². The van der Waals surface area contributed by atoms with E-state index in [9.17, 15) is 4.79 Å². The highest BCUT2D eigenvalue weighted by Gasteiger charge is 2.38. The van der Waals surface area contributed by atoms with E-state index in [2.05, 4.69) is 29.1 Å². The zero-order valence-electron chi connectivity index (χ0n) is 8.80. The highest BCUT2D eigenvalue weighted by atomic mass is 127. The molecule has 2 rings (SSSR count). The molecule has 0 aromatic carbocycles. The second kappa shape index (κ2) is 3.77. The van der Waals surface area contributed by atoms with E-state index in [-0.39, 0.29) is 11.1 Å². The smallest absolute Gasteiger partial charge is 0.266 e. The lowest BCUT2D eigenvalue weighted by Gasteiger charge is -2.27. The summed E-state index contributed by atoms with van der Waals surface area (Å²) in [6, 6.07) is 0. The summed E-state index contributed by atoms with van der Waals surface area (Å²) in [5.41, 5.74) is -0.0551. The molecular weight excluding hydrogens is 305 g/mol. The van der Waals surface area contributed by atoms with Crippen LogP contribution in [-0.4, -0.2) is 15.5 Å². The number of nitrogens with one attached hydrogen (secondary N) is 2. The first-order valence-electron chi connectivity index (χ1n) is 5.02. The largest absolute Gasteiger partial charge is 0.364 e. The van der Waals surface area contributed by atoms with Gasteiger partial charge in [-0.3, -0.25) is 4.79 Å². The number of anilines is 1. The predicted molar refractivity (Wildman–Crippen MR) is 68.0 cm³/mol. The summed E-state index contributed by atoms with van der Waals surface area (Å²) in [4.78, 5) is 18.1. The number of halogens is 1. The molecule has 1 heterocycles. The van der Waals surface area contributed by atoms with Crippen LogP contribution in [0.1, 0.15) is 26.7 Å². The number of hydrogen-bond donors (Lipinski definition) is 2. The van der Waals surface area contributed by atoms with Crippen molar-refractivity contribution < 1.29 is 0 Å². The maximum atomic E-state index is 11.4. The fourth-order valence-electron chi connectivity index (χ4n) is 1.68. The van der Waals surface area contributed by atoms with Gasteiger partial charge in [0.15, 0.2) is 0 Å². The van der Waals surface area contributed by atoms with Gasteiger partial charge in [-0.2, -0.15) is 0 Å². The zero-order chi connectivity index (χ0) is 11.1. The van der Waals surface area contributed by atoms with E-state index in [0.29, 0.717) is 15.3 Å². The Kier molecular flexibility index (Phi) is 2.74. The maximum absolute atomic E-state index is 11.4. The van der Waals surface area contributed by atoms with Gasteiger partial charge in [0.1, 0.15) is 9.39 Å². The van der Waals surface area contributed by atoms with Crippen LogP contribution < -0.4 is 10.9 Å². The van der Waals surface area contributed by atoms with Crippen molar-refractivity contribution in [1.82, 2.24) is 9.97 Å². The highest BCUT2D eigenvalue weighted by molar-refractivity contribution is 14.1. The SMILES string of the molecule is CC(C)(Nc1nc[nH]c(=O)c1I)C1CC1. The number of aromatic nitrogens is 2. The quantitative estimate of drug-likeness (QED) is 0.838. The summed E-state index contributed by atoms with van der Waals surface area (Å²) in [6.45, 7) is 4.31. The summed E-state index contributed by atoms with van der Waals surface area (Å²) in [5.74, 6) is 1.39. The van der Waals surface area contributed by atoms with Gasteiger partial charge in [0.2, 0.25) is 0 Å². The molecule has 1 aromatic rings. The number of rotatable bonds is 3. The van der Waals surface area contributed by atoms with Crippen LogP contribution in [0.25, 0.3) is 0 Å². The van der Waals surface area contributed by atoms with E-state index in [4.69, 9.17) is 0 Å². The Bertz CT molecular complexity index is 423. The minimum Gasteiger partial charge on any atom is -0.364 e. The van der Waals surface area contributed by atoms with Crippen LogP contribution in [0, 0.1) is 9.49 Å². The van der Waals surface area contributed by atoms with Crippen molar-refractivity contribution in [3.63, 3.8) is 0 Å². The third kappa shape index (κ3) is 2.32. The molecule has 0 radical (unpaired) electrons. The van der Waals surface area contributed by atoms with E-state index in [0.717, 1.165) is 0 Å². The third-order valence-corrected chi connectivity index (χ3v) is 3.84. The molecule has 1 aliphatic rings. The van der Waals surface area contributed by atoms with Gasteiger partial charge in [-0.1, -0.05) is 0 Å². The van der Waals surface area contributed by atoms with Gasteiger partial charge in [-0.25, -0.2) is 4.98 Å². The van der Waals surface area contributed by atoms with Crippen LogP contribution in [0.4, 0.5) is 5.82 Å². The molecule has 4 nitrogen and oxygen atoms in total. The van der Waals surface area contributed by atoms with Crippen LogP contribution in [0.15, 0.2) is 11.1 Å². The van der Waals surface area contributed by atoms with Crippen LogP contribution in [-0.2, 0) is 0 Å². The lowest BCUT2D eigenvalue weighted by Crippen LogP contribution is -2.35. The monoisotopic (exact) mass is 319 g/mol. The summed E-state index contributed by atoms with van der Waals surface area (Å²) in [6.07, 6.45) is 3.97. The Balaban J connectivity index is 2.23. The molecule has 1 saturated carbocycles. The zero-order valence-corrected chi connectivity index (χ0v) is 11.0. The number of H-pyrrole nitrogens is 1. The molecule has 1 aromatic heterocycles. The number of hydrogen-bond acceptors (Lipinski definition) is 3. The van der Waals surface area contributed by atoms with Crippen LogP contribution in [0.2, 0.25) is 0 Å². The van der Waals surface area contributed by atoms with Crippen molar-refractivity contribution in [2.75, 3.05) is 5.32 Å². The first kappa shape index (κ1) is 10.9. The molecule has 82 valence electrons. The molecule has 0 unspecified atom stereocenters. The summed E-state index contributed by atoms with van der Waals surface area (Å²) in [7, 11) is 0. The van der Waals surface area contributed by atoms with Crippen molar-refractivity contribution in [3.05, 3.63) is 20.3 Å². The van der Waals surface area contributed by atoms with Gasteiger partial charge in [0.05, 0.1) is 6.33 Å². The molecule has 15 heavy (non-hydrogen) atoms. The minimum atomic E-state index is -0.0836. The molecule has 0 bridgehead atoms. The van der Waals surface area contributed by atoms with Gasteiger partial charge >= 0.3 is 0 Å². The average Bonchev–Trinajstić information content (AvgIpc) is 2.95. The third-order valence-electron chi connectivity index (χ3n) is 2.84. The van der Waals surface area contributed by atoms with Crippen LogP contribution in [0.5, 0.6) is 0 Å². The maximum Gasteiger partial charge on any atom is 0.266 e. The Morgan fingerprint density at radius 3 is 2.87 bits per heavy atom. The summed E-state index contributed by atoms with van der Waals surface area (Å²) in [5, 5.41) is 3.35. The Morgan fingerprint density at radius 1 is 1.60 bits per heavy atom. The van der Waals surface area contributed by atoms with E-state index in [1.54, 1.807) is 0 Å². The molecule has 0 atom stereocenters. The van der Waals surface area contributed by atoms with Gasteiger partial charge in [0.25, 0.3) is 5.56 Å². The van der Waals surface area contributed by atoms with Gasteiger partial charge in [-0.15, -0.1) is 0 Å². The predicted octanol–water partition coefficient (Wildman–Crippen LogP) is 1.97. The molecule has 1 fully saturated rings. The van der Waals surface area contributed by atoms with Crippen molar-refractivity contribution in [1.29, 1.82) is 0 Å². The lowest BCUT2D eigenvalue weighted by atomic mass is 9.99. The standard InChI is InChI=1S/C10H14IN3O/c1-10(2,6-3-4-6)14-8-7(11)9(15)13-5-12-8/h5-6H,3-4H2,1-2H3,(H2,12,13,14,15). The molecular formula is C10H14IN3O. The van der Waals surface area contributed by atoms with Gasteiger partial charge in [0, 0.05) is 5.54 Å². The minimum absolute atomic E-state index is 0.0285. The summed E-state index contributed by atoms with van der Waals surface area (Å²) >= 11 is 2.02. The molecule has 5 heteroatoms. The Labute approximate surface area is 102 Å². The summed E-state index contributed by atoms with van der Waals surface area (Å²) < 4.78 is 0.629. The second-order valence-corrected chi connectivity index (χ2v) is 5.59. The molecule has 0 saturated heterocycles.